The maximum Gasteiger partial charge on any atom is 0.408 e. The number of esters is 1. The van der Waals surface area contributed by atoms with Crippen LogP contribution < -0.4 is 5.32 Å². The molecule has 1 aromatic heterocycles. The molecular formula is C26H29N3O5. The highest BCUT2D eigenvalue weighted by molar-refractivity contribution is 5.92. The highest BCUT2D eigenvalue weighted by Gasteiger charge is 2.34. The summed E-state index contributed by atoms with van der Waals surface area (Å²) in [6.45, 7) is 5.37. The number of H-pyrrole nitrogens is 1. The summed E-state index contributed by atoms with van der Waals surface area (Å²) in [6.07, 6.45) is -0.395. The average molecular weight is 464 g/mol. The third kappa shape index (κ3) is 5.57. The van der Waals surface area contributed by atoms with Crippen molar-refractivity contribution >= 4 is 28.9 Å². The van der Waals surface area contributed by atoms with Crippen molar-refractivity contribution in [1.82, 2.24) is 15.2 Å². The number of carbonyl (C=O) groups is 3. The molecule has 1 atom stereocenters. The van der Waals surface area contributed by atoms with Crippen LogP contribution in [0.1, 0.15) is 37.6 Å². The second-order valence-corrected chi connectivity index (χ2v) is 9.37. The summed E-state index contributed by atoms with van der Waals surface area (Å²) in [5, 5.41) is 3.68. The first kappa shape index (κ1) is 23.4. The first-order valence-electron chi connectivity index (χ1n) is 11.3. The predicted molar refractivity (Wildman–Crippen MR) is 127 cm³/mol. The second kappa shape index (κ2) is 9.59. The molecule has 8 nitrogen and oxygen atoms in total. The molecule has 1 aliphatic rings. The normalized spacial score (nSPS) is 16.0. The molecule has 0 unspecified atom stereocenters. The summed E-state index contributed by atoms with van der Waals surface area (Å²) in [6, 6.07) is 16.3. The molecule has 0 fully saturated rings. The zero-order valence-electron chi connectivity index (χ0n) is 19.6. The summed E-state index contributed by atoms with van der Waals surface area (Å²) in [5.41, 5.74) is 2.86. The van der Waals surface area contributed by atoms with Gasteiger partial charge in [0.25, 0.3) is 0 Å². The number of nitrogens with zero attached hydrogens (tertiary/aromatic N) is 1. The molecule has 2 heterocycles. The number of carbonyl (C=O) groups excluding carboxylic acids is 3. The quantitative estimate of drug-likeness (QED) is 0.562. The van der Waals surface area contributed by atoms with E-state index in [2.05, 4.69) is 10.3 Å². The van der Waals surface area contributed by atoms with Crippen LogP contribution in [0.5, 0.6) is 0 Å². The molecule has 2 amide bonds. The first-order chi connectivity index (χ1) is 16.2. The molecule has 2 N–H and O–H groups in total. The number of ether oxygens (including phenoxy) is 2. The van der Waals surface area contributed by atoms with Gasteiger partial charge in [0.05, 0.1) is 6.54 Å². The third-order valence-electron chi connectivity index (χ3n) is 5.52. The fourth-order valence-corrected chi connectivity index (χ4v) is 4.04. The van der Waals surface area contributed by atoms with Crippen LogP contribution in [-0.4, -0.2) is 46.0 Å². The number of hydrogen-bond donors (Lipinski definition) is 2. The molecule has 4 rings (SSSR count). The van der Waals surface area contributed by atoms with Gasteiger partial charge < -0.3 is 24.7 Å². The lowest BCUT2D eigenvalue weighted by Crippen LogP contribution is -2.50. The molecule has 0 saturated heterocycles. The largest absolute Gasteiger partial charge is 0.459 e. The number of fused-ring (bicyclic) bond motifs is 3. The van der Waals surface area contributed by atoms with Crippen LogP contribution in [0.2, 0.25) is 0 Å². The summed E-state index contributed by atoms with van der Waals surface area (Å²) in [7, 11) is 0. The van der Waals surface area contributed by atoms with Crippen LogP contribution in [0.4, 0.5) is 4.79 Å². The Hall–Kier alpha value is -3.81. The molecule has 34 heavy (non-hydrogen) atoms. The van der Waals surface area contributed by atoms with Crippen molar-refractivity contribution in [2.45, 2.75) is 52.0 Å². The molecule has 0 spiro atoms. The maximum absolute atomic E-state index is 13.4. The van der Waals surface area contributed by atoms with Gasteiger partial charge in [-0.15, -0.1) is 0 Å². The van der Waals surface area contributed by atoms with E-state index in [9.17, 15) is 14.4 Å². The second-order valence-electron chi connectivity index (χ2n) is 9.37. The molecule has 3 aromatic rings. The topological polar surface area (TPSA) is 101 Å². The molecule has 8 heteroatoms. The number of aromatic amines is 1. The Morgan fingerprint density at radius 2 is 1.79 bits per heavy atom. The average Bonchev–Trinajstić information content (AvgIpc) is 3.07. The summed E-state index contributed by atoms with van der Waals surface area (Å²) in [5.74, 6) is -0.885. The van der Waals surface area contributed by atoms with Gasteiger partial charge in [0.1, 0.15) is 24.8 Å². The van der Waals surface area contributed by atoms with E-state index >= 15 is 0 Å². The van der Waals surface area contributed by atoms with Crippen molar-refractivity contribution < 1.29 is 23.9 Å². The number of alkyl carbamates (subject to hydrolysis) is 1. The van der Waals surface area contributed by atoms with E-state index in [1.807, 2.05) is 54.6 Å². The molecule has 0 aliphatic carbocycles. The standard InChI is InChI=1S/C26H29N3O5/c1-26(2,3)34-25(32)28-21-13-19-18-11-7-8-12-20(18)27-22(19)14-29(24(21)31)15-23(30)33-16-17-9-5-4-6-10-17/h4-12,21,27H,13-16H2,1-3H3,(H,28,32)/t21-/m0/s1. The van der Waals surface area contributed by atoms with Crippen LogP contribution in [0.25, 0.3) is 10.9 Å². The number of benzene rings is 2. The van der Waals surface area contributed by atoms with E-state index in [0.29, 0.717) is 0 Å². The van der Waals surface area contributed by atoms with Crippen LogP contribution in [0, 0.1) is 0 Å². The lowest BCUT2D eigenvalue weighted by atomic mass is 10.0. The summed E-state index contributed by atoms with van der Waals surface area (Å²) in [4.78, 5) is 43.3. The molecule has 0 bridgehead atoms. The number of rotatable bonds is 5. The Bertz CT molecular complexity index is 1200. The van der Waals surface area contributed by atoms with Crippen molar-refractivity contribution in [2.75, 3.05) is 6.54 Å². The van der Waals surface area contributed by atoms with Gasteiger partial charge in [0, 0.05) is 23.0 Å². The summed E-state index contributed by atoms with van der Waals surface area (Å²) < 4.78 is 10.8. The minimum Gasteiger partial charge on any atom is -0.459 e. The van der Waals surface area contributed by atoms with Gasteiger partial charge in [-0.05, 0) is 38.0 Å². The SMILES string of the molecule is CC(C)(C)OC(=O)N[C@H]1Cc2c([nH]c3ccccc23)CN(CC(=O)OCc2ccccc2)C1=O. The van der Waals surface area contributed by atoms with Crippen molar-refractivity contribution in [2.24, 2.45) is 0 Å². The van der Waals surface area contributed by atoms with E-state index < -0.39 is 23.7 Å². The van der Waals surface area contributed by atoms with Crippen molar-refractivity contribution in [3.05, 3.63) is 71.4 Å². The van der Waals surface area contributed by atoms with Gasteiger partial charge in [-0.2, -0.15) is 0 Å². The highest BCUT2D eigenvalue weighted by Crippen LogP contribution is 2.28. The first-order valence-corrected chi connectivity index (χ1v) is 11.3. The predicted octanol–water partition coefficient (Wildman–Crippen LogP) is 3.69. The van der Waals surface area contributed by atoms with E-state index in [4.69, 9.17) is 9.47 Å². The number of nitrogens with one attached hydrogen (secondary N) is 2. The summed E-state index contributed by atoms with van der Waals surface area (Å²) >= 11 is 0. The zero-order valence-corrected chi connectivity index (χ0v) is 19.6. The van der Waals surface area contributed by atoms with E-state index in [-0.39, 0.29) is 32.0 Å². The lowest BCUT2D eigenvalue weighted by molar-refractivity contribution is -0.151. The van der Waals surface area contributed by atoms with E-state index in [1.165, 1.54) is 4.90 Å². The van der Waals surface area contributed by atoms with E-state index in [0.717, 1.165) is 27.7 Å². The van der Waals surface area contributed by atoms with Crippen LogP contribution in [0.3, 0.4) is 0 Å². The Morgan fingerprint density at radius 1 is 1.09 bits per heavy atom. The van der Waals surface area contributed by atoms with Crippen molar-refractivity contribution in [1.29, 1.82) is 0 Å². The molecular weight excluding hydrogens is 434 g/mol. The number of aromatic nitrogens is 1. The minimum atomic E-state index is -0.878. The molecule has 1 aliphatic heterocycles. The van der Waals surface area contributed by atoms with Crippen molar-refractivity contribution in [3.8, 4) is 0 Å². The molecule has 2 aromatic carbocycles. The number of hydrogen-bond acceptors (Lipinski definition) is 5. The van der Waals surface area contributed by atoms with Gasteiger partial charge in [-0.25, -0.2) is 4.79 Å². The monoisotopic (exact) mass is 463 g/mol. The zero-order chi connectivity index (χ0) is 24.3. The Morgan fingerprint density at radius 3 is 2.53 bits per heavy atom. The third-order valence-corrected chi connectivity index (χ3v) is 5.52. The Balaban J connectivity index is 1.55. The lowest BCUT2D eigenvalue weighted by Gasteiger charge is -2.26. The fraction of sp³-hybridized carbons (Fsp3) is 0.346. The number of amides is 2. The van der Waals surface area contributed by atoms with Crippen LogP contribution in [-0.2, 0) is 38.6 Å². The molecule has 0 saturated carbocycles. The van der Waals surface area contributed by atoms with Gasteiger partial charge in [0.15, 0.2) is 0 Å². The van der Waals surface area contributed by atoms with Gasteiger partial charge in [-0.3, -0.25) is 9.59 Å². The maximum atomic E-state index is 13.4. The molecule has 178 valence electrons. The van der Waals surface area contributed by atoms with Crippen LogP contribution in [0.15, 0.2) is 54.6 Å². The highest BCUT2D eigenvalue weighted by atomic mass is 16.6. The Kier molecular flexibility index (Phi) is 6.58. The van der Waals surface area contributed by atoms with Crippen LogP contribution >= 0.6 is 0 Å². The Labute approximate surface area is 198 Å². The van der Waals surface area contributed by atoms with Gasteiger partial charge in [-0.1, -0.05) is 48.5 Å². The van der Waals surface area contributed by atoms with E-state index in [1.54, 1.807) is 20.8 Å². The smallest absolute Gasteiger partial charge is 0.408 e. The fourth-order valence-electron chi connectivity index (χ4n) is 4.04. The van der Waals surface area contributed by atoms with Gasteiger partial charge in [0.2, 0.25) is 5.91 Å². The van der Waals surface area contributed by atoms with Crippen molar-refractivity contribution in [3.63, 3.8) is 0 Å². The molecule has 0 radical (unpaired) electrons. The minimum absolute atomic E-state index is 0.124. The van der Waals surface area contributed by atoms with Gasteiger partial charge >= 0.3 is 12.1 Å². The number of para-hydroxylation sites is 1.